The number of pyridine rings is 1. The summed E-state index contributed by atoms with van der Waals surface area (Å²) in [6.07, 6.45) is -0.657. The number of alkyl halides is 3. The van der Waals surface area contributed by atoms with E-state index in [0.717, 1.165) is 48.2 Å². The van der Waals surface area contributed by atoms with Gasteiger partial charge in [-0.05, 0) is 60.2 Å². The number of nitrogens with zero attached hydrogens (tertiary/aromatic N) is 3. The molecule has 5 rings (SSSR count). The Morgan fingerprint density at radius 3 is 2.35 bits per heavy atom. The van der Waals surface area contributed by atoms with Crippen LogP contribution in [-0.4, -0.2) is 16.1 Å². The number of aromatic nitrogens is 2. The van der Waals surface area contributed by atoms with Gasteiger partial charge in [-0.15, -0.1) is 12.4 Å². The van der Waals surface area contributed by atoms with E-state index >= 15 is 0 Å². The maximum Gasteiger partial charge on any atom is 0.416 e. The van der Waals surface area contributed by atoms with Gasteiger partial charge < -0.3 is 9.47 Å². The topological polar surface area (TPSA) is 21.1 Å². The normalized spacial score (nSPS) is 13.6. The molecule has 4 aromatic rings. The summed E-state index contributed by atoms with van der Waals surface area (Å²) in [6, 6.07) is 16.1. The molecule has 0 atom stereocenters. The van der Waals surface area contributed by atoms with Gasteiger partial charge in [0.2, 0.25) is 0 Å². The van der Waals surface area contributed by atoms with Crippen molar-refractivity contribution >= 4 is 29.1 Å². The van der Waals surface area contributed by atoms with Crippen molar-refractivity contribution in [3.8, 4) is 0 Å². The number of aryl methyl sites for hydroxylation is 1. The lowest BCUT2D eigenvalue weighted by Gasteiger charge is -2.30. The van der Waals surface area contributed by atoms with Crippen LogP contribution in [0.2, 0.25) is 0 Å². The van der Waals surface area contributed by atoms with Crippen molar-refractivity contribution in [2.75, 3.05) is 11.4 Å². The van der Waals surface area contributed by atoms with E-state index < -0.39 is 11.7 Å². The van der Waals surface area contributed by atoms with Crippen LogP contribution in [0.15, 0.2) is 60.8 Å². The fourth-order valence-electron chi connectivity index (χ4n) is 5.02. The predicted octanol–water partition coefficient (Wildman–Crippen LogP) is 6.96. The van der Waals surface area contributed by atoms with Gasteiger partial charge in [-0.25, -0.2) is 4.98 Å². The Bertz CT molecular complexity index is 1310. The molecule has 178 valence electrons. The quantitative estimate of drug-likeness (QED) is 0.311. The Labute approximate surface area is 203 Å². The lowest BCUT2D eigenvalue weighted by atomic mass is 10.00. The van der Waals surface area contributed by atoms with Crippen molar-refractivity contribution in [1.29, 1.82) is 0 Å². The number of hydrogen-bond donors (Lipinski definition) is 0. The van der Waals surface area contributed by atoms with Crippen LogP contribution < -0.4 is 4.90 Å². The fraction of sp³-hybridized carbons (Fsp3) is 0.296. The second kappa shape index (κ2) is 9.34. The van der Waals surface area contributed by atoms with Gasteiger partial charge in [0, 0.05) is 36.9 Å². The summed E-state index contributed by atoms with van der Waals surface area (Å²) in [7, 11) is 0. The van der Waals surface area contributed by atoms with E-state index in [-0.39, 0.29) is 12.4 Å². The van der Waals surface area contributed by atoms with Crippen LogP contribution in [0.5, 0.6) is 0 Å². The third-order valence-corrected chi connectivity index (χ3v) is 6.72. The van der Waals surface area contributed by atoms with Crippen LogP contribution in [0.3, 0.4) is 0 Å². The first-order valence-corrected chi connectivity index (χ1v) is 11.3. The third kappa shape index (κ3) is 4.27. The number of anilines is 1. The minimum atomic E-state index is -4.33. The fourth-order valence-corrected chi connectivity index (χ4v) is 5.02. The molecular weight excluding hydrogens is 459 g/mol. The van der Waals surface area contributed by atoms with Crippen molar-refractivity contribution in [3.05, 3.63) is 94.3 Å². The minimum absolute atomic E-state index is 0. The Morgan fingerprint density at radius 2 is 1.68 bits per heavy atom. The monoisotopic (exact) mass is 485 g/mol. The Hall–Kier alpha value is -2.99. The average Bonchev–Trinajstić information content (AvgIpc) is 3.09. The number of rotatable bonds is 4. The zero-order chi connectivity index (χ0) is 23.2. The lowest BCUT2D eigenvalue weighted by molar-refractivity contribution is -0.137. The first kappa shape index (κ1) is 24.1. The van der Waals surface area contributed by atoms with Crippen LogP contribution in [-0.2, 0) is 32.1 Å². The minimum Gasteiger partial charge on any atom is -0.350 e. The van der Waals surface area contributed by atoms with Crippen LogP contribution in [0.25, 0.3) is 10.9 Å². The van der Waals surface area contributed by atoms with E-state index in [4.69, 9.17) is 4.98 Å². The van der Waals surface area contributed by atoms with Gasteiger partial charge in [0.25, 0.3) is 0 Å². The van der Waals surface area contributed by atoms with Crippen molar-refractivity contribution in [2.24, 2.45) is 0 Å². The van der Waals surface area contributed by atoms with Crippen molar-refractivity contribution < 1.29 is 13.2 Å². The molecule has 0 radical (unpaired) electrons. The molecule has 0 spiro atoms. The highest BCUT2D eigenvalue weighted by Crippen LogP contribution is 2.35. The SMILES string of the molecule is CCc1c(C)c2ccnc(N3CCc4ccccc4C3)c2n1Cc1ccc(C(F)(F)F)cc1.Cl. The lowest BCUT2D eigenvalue weighted by Crippen LogP contribution is -2.31. The van der Waals surface area contributed by atoms with Gasteiger partial charge in [-0.3, -0.25) is 0 Å². The van der Waals surface area contributed by atoms with E-state index in [1.54, 1.807) is 12.1 Å². The van der Waals surface area contributed by atoms with Gasteiger partial charge in [0.15, 0.2) is 5.82 Å². The first-order valence-electron chi connectivity index (χ1n) is 11.3. The predicted molar refractivity (Wildman–Crippen MR) is 133 cm³/mol. The molecule has 2 aromatic heterocycles. The molecule has 3 nitrogen and oxygen atoms in total. The highest BCUT2D eigenvalue weighted by atomic mass is 35.5. The molecule has 0 N–H and O–H groups in total. The summed E-state index contributed by atoms with van der Waals surface area (Å²) < 4.78 is 41.3. The van der Waals surface area contributed by atoms with E-state index in [9.17, 15) is 13.2 Å². The van der Waals surface area contributed by atoms with Crippen LogP contribution >= 0.6 is 12.4 Å². The Kier molecular flexibility index (Phi) is 6.63. The molecule has 3 heterocycles. The van der Waals surface area contributed by atoms with E-state index in [2.05, 4.69) is 53.6 Å². The van der Waals surface area contributed by atoms with Gasteiger partial charge >= 0.3 is 6.18 Å². The molecular formula is C27H27ClF3N3. The molecule has 1 aliphatic heterocycles. The van der Waals surface area contributed by atoms with Crippen molar-refractivity contribution in [2.45, 2.75) is 46.0 Å². The summed E-state index contributed by atoms with van der Waals surface area (Å²) in [5.41, 5.74) is 6.38. The maximum atomic E-state index is 13.0. The number of hydrogen-bond acceptors (Lipinski definition) is 2. The molecule has 0 unspecified atom stereocenters. The molecule has 0 amide bonds. The smallest absolute Gasteiger partial charge is 0.350 e. The summed E-state index contributed by atoms with van der Waals surface area (Å²) in [6.45, 7) is 6.44. The highest BCUT2D eigenvalue weighted by molar-refractivity contribution is 5.93. The standard InChI is InChI=1S/C27H26F3N3.ClH/c1-3-24-18(2)23-12-14-31-26(32-15-13-20-6-4-5-7-21(20)17-32)25(23)33(24)16-19-8-10-22(11-9-19)27(28,29)30;/h4-12,14H,3,13,15-17H2,1-2H3;1H. The number of fused-ring (bicyclic) bond motifs is 2. The van der Waals surface area contributed by atoms with E-state index in [1.165, 1.54) is 34.5 Å². The summed E-state index contributed by atoms with van der Waals surface area (Å²) >= 11 is 0. The van der Waals surface area contributed by atoms with Crippen molar-refractivity contribution in [1.82, 2.24) is 9.55 Å². The van der Waals surface area contributed by atoms with Crippen LogP contribution in [0, 0.1) is 6.92 Å². The van der Waals surface area contributed by atoms with Gasteiger partial charge in [-0.1, -0.05) is 43.3 Å². The number of benzene rings is 2. The summed E-state index contributed by atoms with van der Waals surface area (Å²) in [5.74, 6) is 0.941. The molecule has 2 aromatic carbocycles. The van der Waals surface area contributed by atoms with Crippen LogP contribution in [0.4, 0.5) is 19.0 Å². The van der Waals surface area contributed by atoms with E-state index in [0.29, 0.717) is 6.54 Å². The summed E-state index contributed by atoms with van der Waals surface area (Å²) in [4.78, 5) is 7.12. The molecule has 0 saturated carbocycles. The Morgan fingerprint density at radius 1 is 0.971 bits per heavy atom. The number of halogens is 4. The molecule has 34 heavy (non-hydrogen) atoms. The zero-order valence-corrected chi connectivity index (χ0v) is 20.0. The van der Waals surface area contributed by atoms with Crippen LogP contribution in [0.1, 0.15) is 40.4 Å². The first-order chi connectivity index (χ1) is 15.9. The average molecular weight is 486 g/mol. The van der Waals surface area contributed by atoms with Crippen molar-refractivity contribution in [3.63, 3.8) is 0 Å². The molecule has 0 fully saturated rings. The third-order valence-electron chi connectivity index (χ3n) is 6.72. The molecule has 0 aliphatic carbocycles. The second-order valence-electron chi connectivity index (χ2n) is 8.68. The maximum absolute atomic E-state index is 13.0. The largest absolute Gasteiger partial charge is 0.416 e. The molecule has 7 heteroatoms. The zero-order valence-electron chi connectivity index (χ0n) is 19.2. The molecule has 0 bridgehead atoms. The summed E-state index contributed by atoms with van der Waals surface area (Å²) in [5, 5.41) is 1.16. The van der Waals surface area contributed by atoms with Gasteiger partial charge in [0.1, 0.15) is 0 Å². The second-order valence-corrected chi connectivity index (χ2v) is 8.68. The molecule has 1 aliphatic rings. The molecule has 0 saturated heterocycles. The highest BCUT2D eigenvalue weighted by Gasteiger charge is 2.30. The van der Waals surface area contributed by atoms with Gasteiger partial charge in [-0.2, -0.15) is 13.2 Å². The van der Waals surface area contributed by atoms with E-state index in [1.807, 2.05) is 6.20 Å². The van der Waals surface area contributed by atoms with Gasteiger partial charge in [0.05, 0.1) is 11.1 Å². The Balaban J connectivity index is 0.00000274.